The van der Waals surface area contributed by atoms with Crippen LogP contribution >= 0.6 is 0 Å². The first-order valence-electron chi connectivity index (χ1n) is 6.85. The topological polar surface area (TPSA) is 62.3 Å². The van der Waals surface area contributed by atoms with E-state index < -0.39 is 0 Å². The van der Waals surface area contributed by atoms with E-state index >= 15 is 0 Å². The van der Waals surface area contributed by atoms with E-state index in [1.165, 1.54) is 0 Å². The van der Waals surface area contributed by atoms with Gasteiger partial charge in [0.15, 0.2) is 0 Å². The van der Waals surface area contributed by atoms with Crippen LogP contribution in [0.25, 0.3) is 5.69 Å². The van der Waals surface area contributed by atoms with Crippen molar-refractivity contribution >= 4 is 0 Å². The summed E-state index contributed by atoms with van der Waals surface area (Å²) in [4.78, 5) is 4.18. The molecule has 0 aliphatic carbocycles. The lowest BCUT2D eigenvalue weighted by Crippen LogP contribution is -2.11. The molecule has 0 aliphatic heterocycles. The minimum Gasteiger partial charge on any atom is -0.494 e. The molecule has 0 spiro atoms. The van der Waals surface area contributed by atoms with Crippen LogP contribution < -0.4 is 15.2 Å². The van der Waals surface area contributed by atoms with E-state index in [4.69, 9.17) is 15.2 Å². The summed E-state index contributed by atoms with van der Waals surface area (Å²) >= 11 is 0. The van der Waals surface area contributed by atoms with E-state index in [0.717, 1.165) is 22.9 Å². The first kappa shape index (κ1) is 14.4. The van der Waals surface area contributed by atoms with Crippen molar-refractivity contribution in [1.29, 1.82) is 0 Å². The number of hydrogen-bond donors (Lipinski definition) is 1. The molecule has 0 radical (unpaired) electrons. The van der Waals surface area contributed by atoms with Gasteiger partial charge in [-0.3, -0.25) is 4.57 Å². The molecule has 0 bridgehead atoms. The smallest absolute Gasteiger partial charge is 0.143 e. The normalized spacial score (nSPS) is 12.2. The molecule has 0 saturated heterocycles. The Balaban J connectivity index is 2.50. The number of imidazole rings is 1. The quantitative estimate of drug-likeness (QED) is 0.880. The number of nitrogens with zero attached hydrogens (tertiary/aromatic N) is 2. The van der Waals surface area contributed by atoms with Crippen LogP contribution in [0.1, 0.15) is 32.5 Å². The summed E-state index contributed by atoms with van der Waals surface area (Å²) in [6.07, 6.45) is 3.51. The molecule has 2 rings (SSSR count). The summed E-state index contributed by atoms with van der Waals surface area (Å²) in [5.41, 5.74) is 7.81. The summed E-state index contributed by atoms with van der Waals surface area (Å²) < 4.78 is 13.2. The van der Waals surface area contributed by atoms with Crippen LogP contribution in [0.5, 0.6) is 11.5 Å². The van der Waals surface area contributed by atoms with Crippen LogP contribution in [0.3, 0.4) is 0 Å². The Labute approximate surface area is 119 Å². The van der Waals surface area contributed by atoms with Crippen molar-refractivity contribution in [3.05, 3.63) is 36.4 Å². The lowest BCUT2D eigenvalue weighted by molar-refractivity contribution is 0.329. The fourth-order valence-corrected chi connectivity index (χ4v) is 2.06. The lowest BCUT2D eigenvalue weighted by Gasteiger charge is -2.16. The Morgan fingerprint density at radius 2 is 2.00 bits per heavy atom. The molecule has 1 heterocycles. The Kier molecular flexibility index (Phi) is 4.63. The maximum absolute atomic E-state index is 5.98. The molecule has 108 valence electrons. The molecule has 2 N–H and O–H groups in total. The van der Waals surface area contributed by atoms with Gasteiger partial charge in [-0.15, -0.1) is 0 Å². The molecule has 5 nitrogen and oxygen atoms in total. The minimum atomic E-state index is -0.109. The minimum absolute atomic E-state index is 0.109. The molecule has 0 unspecified atom stereocenters. The Bertz CT molecular complexity index is 564. The second kappa shape index (κ2) is 6.43. The third-order valence-corrected chi connectivity index (χ3v) is 2.93. The number of ether oxygens (including phenoxy) is 2. The van der Waals surface area contributed by atoms with Gasteiger partial charge >= 0.3 is 0 Å². The third kappa shape index (κ3) is 2.93. The van der Waals surface area contributed by atoms with Gasteiger partial charge in [-0.1, -0.05) is 0 Å². The maximum atomic E-state index is 5.98. The zero-order valence-corrected chi connectivity index (χ0v) is 12.2. The number of aromatic nitrogens is 2. The molecule has 1 atom stereocenters. The average Bonchev–Trinajstić information content (AvgIpc) is 2.90. The van der Waals surface area contributed by atoms with E-state index in [1.807, 2.05) is 43.5 Å². The summed E-state index contributed by atoms with van der Waals surface area (Å²) in [5.74, 6) is 1.59. The summed E-state index contributed by atoms with van der Waals surface area (Å²) in [5, 5.41) is 0. The van der Waals surface area contributed by atoms with Gasteiger partial charge in [0.1, 0.15) is 11.5 Å². The fraction of sp³-hybridized carbons (Fsp3) is 0.400. The zero-order valence-electron chi connectivity index (χ0n) is 12.2. The van der Waals surface area contributed by atoms with Crippen molar-refractivity contribution in [2.45, 2.75) is 26.8 Å². The highest BCUT2D eigenvalue weighted by Gasteiger charge is 2.13. The van der Waals surface area contributed by atoms with Crippen LogP contribution in [0.2, 0.25) is 0 Å². The molecule has 0 aliphatic rings. The van der Waals surface area contributed by atoms with Gasteiger partial charge in [-0.05, 0) is 32.9 Å². The number of benzene rings is 1. The molecule has 2 aromatic rings. The van der Waals surface area contributed by atoms with E-state index in [1.54, 1.807) is 12.5 Å². The predicted octanol–water partition coefficient (Wildman–Crippen LogP) is 2.69. The third-order valence-electron chi connectivity index (χ3n) is 2.93. The molecular formula is C15H21N3O2. The Morgan fingerprint density at radius 1 is 1.25 bits per heavy atom. The summed E-state index contributed by atoms with van der Waals surface area (Å²) in [6.45, 7) is 7.07. The van der Waals surface area contributed by atoms with Crippen LogP contribution in [-0.2, 0) is 0 Å². The van der Waals surface area contributed by atoms with Gasteiger partial charge in [0, 0.05) is 12.1 Å². The van der Waals surface area contributed by atoms with Crippen molar-refractivity contribution in [3.63, 3.8) is 0 Å². The molecule has 5 heteroatoms. The largest absolute Gasteiger partial charge is 0.494 e. The standard InChI is InChI=1S/C15H21N3O2/c1-4-19-12-6-7-15(20-5-2)13(8-12)18-10-17-9-14(18)11(3)16/h6-11H,4-5,16H2,1-3H3/t11-/m0/s1. The van der Waals surface area contributed by atoms with Crippen molar-refractivity contribution in [2.24, 2.45) is 5.73 Å². The van der Waals surface area contributed by atoms with Crippen molar-refractivity contribution in [1.82, 2.24) is 9.55 Å². The first-order valence-corrected chi connectivity index (χ1v) is 6.85. The van der Waals surface area contributed by atoms with Gasteiger partial charge in [-0.2, -0.15) is 0 Å². The molecule has 0 saturated carbocycles. The SMILES string of the molecule is CCOc1ccc(OCC)c(-n2cncc2[C@H](C)N)c1. The molecule has 0 fully saturated rings. The van der Waals surface area contributed by atoms with Crippen molar-refractivity contribution in [3.8, 4) is 17.2 Å². The van der Waals surface area contributed by atoms with Crippen molar-refractivity contribution in [2.75, 3.05) is 13.2 Å². The lowest BCUT2D eigenvalue weighted by atomic mass is 10.2. The van der Waals surface area contributed by atoms with E-state index in [2.05, 4.69) is 4.98 Å². The molecule has 0 amide bonds. The van der Waals surface area contributed by atoms with E-state index in [0.29, 0.717) is 13.2 Å². The van der Waals surface area contributed by atoms with Gasteiger partial charge in [-0.25, -0.2) is 4.98 Å². The van der Waals surface area contributed by atoms with Crippen molar-refractivity contribution < 1.29 is 9.47 Å². The van der Waals surface area contributed by atoms with Crippen LogP contribution in [0.15, 0.2) is 30.7 Å². The van der Waals surface area contributed by atoms with Gasteiger partial charge in [0.2, 0.25) is 0 Å². The van der Waals surface area contributed by atoms with Gasteiger partial charge in [0.25, 0.3) is 0 Å². The molecule has 1 aromatic carbocycles. The summed E-state index contributed by atoms with van der Waals surface area (Å²) in [6, 6.07) is 5.65. The monoisotopic (exact) mass is 275 g/mol. The average molecular weight is 275 g/mol. The second-order valence-corrected chi connectivity index (χ2v) is 4.47. The highest BCUT2D eigenvalue weighted by molar-refractivity contribution is 5.52. The zero-order chi connectivity index (χ0) is 14.5. The maximum Gasteiger partial charge on any atom is 0.143 e. The van der Waals surface area contributed by atoms with Gasteiger partial charge < -0.3 is 15.2 Å². The Morgan fingerprint density at radius 3 is 2.65 bits per heavy atom. The Hall–Kier alpha value is -2.01. The van der Waals surface area contributed by atoms with Crippen LogP contribution in [0.4, 0.5) is 0 Å². The molecule has 1 aromatic heterocycles. The van der Waals surface area contributed by atoms with E-state index in [9.17, 15) is 0 Å². The fourth-order valence-electron chi connectivity index (χ4n) is 2.06. The molecule has 20 heavy (non-hydrogen) atoms. The van der Waals surface area contributed by atoms with Gasteiger partial charge in [0.05, 0.1) is 37.1 Å². The predicted molar refractivity (Wildman–Crippen MR) is 78.5 cm³/mol. The van der Waals surface area contributed by atoms with Crippen LogP contribution in [0, 0.1) is 0 Å². The number of hydrogen-bond acceptors (Lipinski definition) is 4. The first-order chi connectivity index (χ1) is 9.67. The number of nitrogens with two attached hydrogens (primary N) is 1. The van der Waals surface area contributed by atoms with Crippen LogP contribution in [-0.4, -0.2) is 22.8 Å². The summed E-state index contributed by atoms with van der Waals surface area (Å²) in [7, 11) is 0. The highest BCUT2D eigenvalue weighted by Crippen LogP contribution is 2.30. The number of rotatable bonds is 6. The highest BCUT2D eigenvalue weighted by atomic mass is 16.5. The second-order valence-electron chi connectivity index (χ2n) is 4.47. The molecular weight excluding hydrogens is 254 g/mol. The van der Waals surface area contributed by atoms with E-state index in [-0.39, 0.29) is 6.04 Å².